The van der Waals surface area contributed by atoms with Crippen molar-refractivity contribution in [1.29, 1.82) is 0 Å². The van der Waals surface area contributed by atoms with Crippen molar-refractivity contribution in [2.45, 2.75) is 33.1 Å². The van der Waals surface area contributed by atoms with Crippen LogP contribution in [0.15, 0.2) is 54.9 Å². The molecule has 3 rings (SSSR count). The standard InChI is InChI=1S/C23H26N4O2/c1-15-6-11-20(29-5)19(12-15)27-21(28)16-13-24-22(25-14-16)26-18-9-7-17(8-10-18)23(2,3)4/h6-14H,1-5H3,(H,27,28)(H,24,25,26). The van der Waals surface area contributed by atoms with Crippen molar-refractivity contribution in [1.82, 2.24) is 9.97 Å². The van der Waals surface area contributed by atoms with Crippen molar-refractivity contribution in [3.63, 3.8) is 0 Å². The van der Waals surface area contributed by atoms with Crippen LogP contribution in [-0.4, -0.2) is 23.0 Å². The Balaban J connectivity index is 1.68. The highest BCUT2D eigenvalue weighted by Crippen LogP contribution is 2.26. The molecule has 0 radical (unpaired) electrons. The van der Waals surface area contributed by atoms with E-state index in [0.29, 0.717) is 22.9 Å². The maximum absolute atomic E-state index is 12.5. The monoisotopic (exact) mass is 390 g/mol. The molecule has 2 aromatic carbocycles. The van der Waals surface area contributed by atoms with E-state index in [4.69, 9.17) is 4.74 Å². The molecule has 0 atom stereocenters. The fourth-order valence-electron chi connectivity index (χ4n) is 2.81. The Morgan fingerprint density at radius 3 is 2.24 bits per heavy atom. The first-order valence-corrected chi connectivity index (χ1v) is 9.42. The molecule has 6 heteroatoms. The van der Waals surface area contributed by atoms with Gasteiger partial charge in [-0.1, -0.05) is 39.0 Å². The topological polar surface area (TPSA) is 76.1 Å². The minimum atomic E-state index is -0.296. The van der Waals surface area contributed by atoms with Gasteiger partial charge in [0, 0.05) is 18.1 Å². The lowest BCUT2D eigenvalue weighted by Gasteiger charge is -2.19. The lowest BCUT2D eigenvalue weighted by Crippen LogP contribution is -2.14. The van der Waals surface area contributed by atoms with Gasteiger partial charge in [-0.15, -0.1) is 0 Å². The van der Waals surface area contributed by atoms with Crippen LogP contribution in [0.3, 0.4) is 0 Å². The van der Waals surface area contributed by atoms with Crippen molar-refractivity contribution < 1.29 is 9.53 Å². The van der Waals surface area contributed by atoms with Gasteiger partial charge in [0.15, 0.2) is 0 Å². The van der Waals surface area contributed by atoms with E-state index < -0.39 is 0 Å². The van der Waals surface area contributed by atoms with E-state index in [1.165, 1.54) is 18.0 Å². The predicted molar refractivity (Wildman–Crippen MR) is 116 cm³/mol. The van der Waals surface area contributed by atoms with Crippen molar-refractivity contribution >= 4 is 23.2 Å². The summed E-state index contributed by atoms with van der Waals surface area (Å²) in [5.41, 5.74) is 4.24. The van der Waals surface area contributed by atoms with Crippen molar-refractivity contribution in [2.24, 2.45) is 0 Å². The van der Waals surface area contributed by atoms with Gasteiger partial charge in [0.25, 0.3) is 5.91 Å². The van der Waals surface area contributed by atoms with Gasteiger partial charge in [-0.05, 0) is 47.7 Å². The Morgan fingerprint density at radius 1 is 1.00 bits per heavy atom. The summed E-state index contributed by atoms with van der Waals surface area (Å²) in [5.74, 6) is 0.732. The number of anilines is 3. The first-order chi connectivity index (χ1) is 13.8. The molecular weight excluding hydrogens is 364 g/mol. The third kappa shape index (κ3) is 5.10. The minimum Gasteiger partial charge on any atom is -0.495 e. The van der Waals surface area contributed by atoms with E-state index in [2.05, 4.69) is 53.5 Å². The summed E-state index contributed by atoms with van der Waals surface area (Å²) in [4.78, 5) is 21.0. The van der Waals surface area contributed by atoms with E-state index in [1.807, 2.05) is 37.3 Å². The Bertz CT molecular complexity index is 991. The second-order valence-corrected chi connectivity index (χ2v) is 7.91. The molecule has 0 spiro atoms. The van der Waals surface area contributed by atoms with Crippen LogP contribution in [0.2, 0.25) is 0 Å². The zero-order valence-corrected chi connectivity index (χ0v) is 17.4. The van der Waals surface area contributed by atoms with Gasteiger partial charge < -0.3 is 15.4 Å². The van der Waals surface area contributed by atoms with Gasteiger partial charge in [-0.3, -0.25) is 4.79 Å². The maximum atomic E-state index is 12.5. The number of aryl methyl sites for hydroxylation is 1. The molecule has 1 amide bonds. The lowest BCUT2D eigenvalue weighted by atomic mass is 9.87. The van der Waals surface area contributed by atoms with Gasteiger partial charge >= 0.3 is 0 Å². The zero-order chi connectivity index (χ0) is 21.0. The second kappa shape index (κ2) is 8.31. The number of nitrogens with zero attached hydrogens (tertiary/aromatic N) is 2. The fourth-order valence-corrected chi connectivity index (χ4v) is 2.81. The fraction of sp³-hybridized carbons (Fsp3) is 0.261. The molecule has 0 unspecified atom stereocenters. The van der Waals surface area contributed by atoms with Crippen molar-refractivity contribution in [3.05, 3.63) is 71.5 Å². The third-order valence-corrected chi connectivity index (χ3v) is 4.52. The summed E-state index contributed by atoms with van der Waals surface area (Å²) in [6.07, 6.45) is 2.99. The molecule has 0 saturated carbocycles. The van der Waals surface area contributed by atoms with E-state index in [1.54, 1.807) is 7.11 Å². The number of carbonyl (C=O) groups excluding carboxylic acids is 1. The number of carbonyl (C=O) groups is 1. The molecule has 29 heavy (non-hydrogen) atoms. The number of hydrogen-bond acceptors (Lipinski definition) is 5. The number of aromatic nitrogens is 2. The van der Waals surface area contributed by atoms with Crippen LogP contribution >= 0.6 is 0 Å². The zero-order valence-electron chi connectivity index (χ0n) is 17.4. The van der Waals surface area contributed by atoms with E-state index >= 15 is 0 Å². The van der Waals surface area contributed by atoms with Crippen molar-refractivity contribution in [3.8, 4) is 5.75 Å². The molecule has 0 bridgehead atoms. The highest BCUT2D eigenvalue weighted by atomic mass is 16.5. The van der Waals surface area contributed by atoms with Crippen molar-refractivity contribution in [2.75, 3.05) is 17.7 Å². The van der Waals surface area contributed by atoms with Gasteiger partial charge in [-0.25, -0.2) is 9.97 Å². The van der Waals surface area contributed by atoms with Gasteiger partial charge in [0.05, 0.1) is 18.4 Å². The largest absolute Gasteiger partial charge is 0.495 e. The Hall–Kier alpha value is -3.41. The predicted octanol–water partition coefficient (Wildman–Crippen LogP) is 5.09. The number of benzene rings is 2. The summed E-state index contributed by atoms with van der Waals surface area (Å²) in [5, 5.41) is 5.99. The molecular formula is C23H26N4O2. The average molecular weight is 390 g/mol. The normalized spacial score (nSPS) is 11.1. The van der Waals surface area contributed by atoms with Crippen LogP contribution in [0, 0.1) is 6.92 Å². The van der Waals surface area contributed by atoms with E-state index in [-0.39, 0.29) is 11.3 Å². The molecule has 0 aliphatic heterocycles. The number of nitrogens with one attached hydrogen (secondary N) is 2. The summed E-state index contributed by atoms with van der Waals surface area (Å²) in [7, 11) is 1.57. The van der Waals surface area contributed by atoms with Crippen LogP contribution in [0.4, 0.5) is 17.3 Å². The van der Waals surface area contributed by atoms with Gasteiger partial charge in [0.2, 0.25) is 5.95 Å². The Kier molecular flexibility index (Phi) is 5.82. The highest BCUT2D eigenvalue weighted by molar-refractivity contribution is 6.04. The molecule has 3 aromatic rings. The molecule has 0 aliphatic rings. The third-order valence-electron chi connectivity index (χ3n) is 4.52. The molecule has 0 aliphatic carbocycles. The first kappa shape index (κ1) is 20.3. The van der Waals surface area contributed by atoms with E-state index in [9.17, 15) is 4.79 Å². The summed E-state index contributed by atoms with van der Waals surface area (Å²) >= 11 is 0. The second-order valence-electron chi connectivity index (χ2n) is 7.91. The number of ether oxygens (including phenoxy) is 1. The minimum absolute atomic E-state index is 0.101. The summed E-state index contributed by atoms with van der Waals surface area (Å²) < 4.78 is 5.30. The van der Waals surface area contributed by atoms with Crippen LogP contribution in [-0.2, 0) is 5.41 Å². The average Bonchev–Trinajstić information content (AvgIpc) is 2.68. The van der Waals surface area contributed by atoms with Gasteiger partial charge in [0.1, 0.15) is 5.75 Å². The molecule has 1 heterocycles. The number of methoxy groups -OCH3 is 1. The number of rotatable bonds is 5. The van der Waals surface area contributed by atoms with Gasteiger partial charge in [-0.2, -0.15) is 0 Å². The number of amides is 1. The number of hydrogen-bond donors (Lipinski definition) is 2. The molecule has 0 saturated heterocycles. The first-order valence-electron chi connectivity index (χ1n) is 9.42. The van der Waals surface area contributed by atoms with Crippen LogP contribution < -0.4 is 15.4 Å². The van der Waals surface area contributed by atoms with Crippen LogP contribution in [0.1, 0.15) is 42.3 Å². The Labute approximate surface area is 171 Å². The Morgan fingerprint density at radius 2 is 1.66 bits per heavy atom. The smallest absolute Gasteiger partial charge is 0.258 e. The maximum Gasteiger partial charge on any atom is 0.258 e. The molecule has 2 N–H and O–H groups in total. The highest BCUT2D eigenvalue weighted by Gasteiger charge is 2.14. The summed E-state index contributed by atoms with van der Waals surface area (Å²) in [6.45, 7) is 8.48. The van der Waals surface area contributed by atoms with Crippen LogP contribution in [0.5, 0.6) is 5.75 Å². The molecule has 0 fully saturated rings. The SMILES string of the molecule is COc1ccc(C)cc1NC(=O)c1cnc(Nc2ccc(C(C)(C)C)cc2)nc1. The molecule has 150 valence electrons. The summed E-state index contributed by atoms with van der Waals surface area (Å²) in [6, 6.07) is 13.8. The molecule has 1 aromatic heterocycles. The van der Waals surface area contributed by atoms with Crippen LogP contribution in [0.25, 0.3) is 0 Å². The lowest BCUT2D eigenvalue weighted by molar-refractivity contribution is 0.102. The quantitative estimate of drug-likeness (QED) is 0.635. The van der Waals surface area contributed by atoms with E-state index in [0.717, 1.165) is 11.3 Å². The molecule has 6 nitrogen and oxygen atoms in total.